The van der Waals surface area contributed by atoms with Gasteiger partial charge in [-0.25, -0.2) is 0 Å². The quantitative estimate of drug-likeness (QED) is 0.107. The minimum Gasteiger partial charge on any atom is -0.444 e. The van der Waals surface area contributed by atoms with Gasteiger partial charge in [0.05, 0.1) is 0 Å². The third-order valence-electron chi connectivity index (χ3n) is 14.9. The predicted molar refractivity (Wildman–Crippen MR) is 251 cm³/mol. The number of rotatable bonds is 13. The average Bonchev–Trinajstić information content (AvgIpc) is 3.23. The third-order valence-corrected chi connectivity index (χ3v) is 14.9. The van der Waals surface area contributed by atoms with E-state index in [0.717, 1.165) is 62.9 Å². The summed E-state index contributed by atoms with van der Waals surface area (Å²) < 4.78 is 10.8. The van der Waals surface area contributed by atoms with Crippen molar-refractivity contribution in [3.05, 3.63) is 166 Å². The molecule has 4 heteroatoms. The number of ether oxygens (including phenoxy) is 2. The van der Waals surface area contributed by atoms with Crippen LogP contribution in [0.25, 0.3) is 32.7 Å². The van der Waals surface area contributed by atoms with E-state index in [2.05, 4.69) is 123 Å². The Hall–Kier alpha value is -2.86. The van der Waals surface area contributed by atoms with Gasteiger partial charge in [0.2, 0.25) is 0 Å². The van der Waals surface area contributed by atoms with Gasteiger partial charge in [0.25, 0.3) is 0 Å². The molecule has 2 aliphatic carbocycles. The summed E-state index contributed by atoms with van der Waals surface area (Å²) in [6, 6.07) is 43.1. The van der Waals surface area contributed by atoms with Gasteiger partial charge < -0.3 is 9.47 Å². The smallest absolute Gasteiger partial charge is 0 e. The number of hydrogen-bond acceptors (Lipinski definition) is 2. The van der Waals surface area contributed by atoms with Crippen LogP contribution in [0.2, 0.25) is 0 Å². The van der Waals surface area contributed by atoms with Crippen molar-refractivity contribution in [3.63, 3.8) is 0 Å². The van der Waals surface area contributed by atoms with Crippen LogP contribution in [0.5, 0.6) is 0 Å². The van der Waals surface area contributed by atoms with Crippen molar-refractivity contribution in [2.24, 2.45) is 23.7 Å². The summed E-state index contributed by atoms with van der Waals surface area (Å²) in [5, 5.41) is 5.34. The van der Waals surface area contributed by atoms with Crippen molar-refractivity contribution in [1.82, 2.24) is 0 Å². The summed E-state index contributed by atoms with van der Waals surface area (Å²) in [6.07, 6.45) is 17.9. The first kappa shape index (κ1) is 45.7. The van der Waals surface area contributed by atoms with Crippen LogP contribution in [0.3, 0.4) is 0 Å². The maximum absolute atomic E-state index is 5.41. The summed E-state index contributed by atoms with van der Waals surface area (Å²) in [6.45, 7) is 8.12. The van der Waals surface area contributed by atoms with Crippen LogP contribution in [0.4, 0.5) is 0 Å². The van der Waals surface area contributed by atoms with Gasteiger partial charge in [0.1, 0.15) is 0 Å². The Morgan fingerprint density at radius 2 is 0.903 bits per heavy atom. The van der Waals surface area contributed by atoms with E-state index in [1.807, 2.05) is 0 Å². The molecular weight excluding hydrogens is 1100 g/mol. The summed E-state index contributed by atoms with van der Waals surface area (Å²) in [4.78, 5) is 0. The van der Waals surface area contributed by atoms with E-state index >= 15 is 0 Å². The first-order valence-electron chi connectivity index (χ1n) is 23.5. The second kappa shape index (κ2) is 21.0. The van der Waals surface area contributed by atoms with E-state index in [1.165, 1.54) is 154 Å². The number of benzene rings is 6. The summed E-state index contributed by atoms with van der Waals surface area (Å²) in [5.74, 6) is 6.70. The van der Waals surface area contributed by atoms with E-state index in [4.69, 9.17) is 9.47 Å². The Morgan fingerprint density at radius 1 is 0.435 bits per heavy atom. The monoisotopic (exact) mass is 1160 g/mol. The second-order valence-electron chi connectivity index (χ2n) is 19.8. The minimum absolute atomic E-state index is 0. The Morgan fingerprint density at radius 3 is 1.42 bits per heavy atom. The van der Waals surface area contributed by atoms with E-state index in [9.17, 15) is 0 Å². The zero-order valence-electron chi connectivity index (χ0n) is 37.1. The van der Waals surface area contributed by atoms with Crippen LogP contribution in [0.1, 0.15) is 109 Å². The van der Waals surface area contributed by atoms with E-state index in [-0.39, 0.29) is 42.1 Å². The summed E-state index contributed by atoms with van der Waals surface area (Å²) in [5.41, 5.74) is 13.9. The standard InChI is InChI=1S/C58H64O2.2W/c1-39-4-24-56-52(25-39)21-22-53(32-48-19-17-44(18-20-48)28-43-9-15-47(16-10-43)31-51-37-60-38-51)58(56)57-34-49(33-54-26-40(2)3-23-55(54)57)29-45-11-5-41(6-12-45)27-42-7-13-46(14-8-42)30-50-35-59-36-50;;/h3-6,11-12,17-26,33-34,42-43,46-47H,7-10,13-16,27-32,35-38H2,1-2H3;;/q-2;;. The van der Waals surface area contributed by atoms with Gasteiger partial charge in [-0.05, 0) is 143 Å². The average molecular weight is 1160 g/mol. The molecule has 6 aromatic rings. The SMILES string of the molecule is Cc1ccc2c(-c3c(Cc4ccc(CC5CCC(C[C-]6COC6)CC5)cc4)ccc4cc(C)ccc34)cc(Cc3ccc(CC4CCC(C[C-]5COC5)CC4)cc3)cc2c1.[W].[W]. The normalized spacial score (nSPS) is 21.8. The fourth-order valence-corrected chi connectivity index (χ4v) is 11.4. The maximum Gasteiger partial charge on any atom is 0 e. The molecule has 2 aliphatic heterocycles. The third kappa shape index (κ3) is 11.0. The fourth-order valence-electron chi connectivity index (χ4n) is 11.4. The van der Waals surface area contributed by atoms with Crippen molar-refractivity contribution < 1.29 is 51.6 Å². The van der Waals surface area contributed by atoms with Gasteiger partial charge in [-0.3, -0.25) is 11.8 Å². The molecule has 62 heavy (non-hydrogen) atoms. The van der Waals surface area contributed by atoms with Gasteiger partial charge in [-0.1, -0.05) is 184 Å². The number of fused-ring (bicyclic) bond motifs is 2. The van der Waals surface area contributed by atoms with Crippen LogP contribution in [-0.2, 0) is 77.3 Å². The first-order chi connectivity index (χ1) is 29.4. The molecule has 0 bridgehead atoms. The van der Waals surface area contributed by atoms with Crippen molar-refractivity contribution in [2.75, 3.05) is 26.4 Å². The molecular formula is C58H64O2W2-2. The molecule has 2 saturated carbocycles. The van der Waals surface area contributed by atoms with Gasteiger partial charge >= 0.3 is 0 Å². The molecule has 4 aliphatic rings. The number of hydrogen-bond donors (Lipinski definition) is 0. The molecule has 0 spiro atoms. The molecule has 0 N–H and O–H groups in total. The molecule has 0 aromatic heterocycles. The van der Waals surface area contributed by atoms with Gasteiger partial charge in [-0.15, -0.1) is 0 Å². The molecule has 0 radical (unpaired) electrons. The summed E-state index contributed by atoms with van der Waals surface area (Å²) >= 11 is 0. The fraction of sp³-hybridized carbons (Fsp3) is 0.414. The van der Waals surface area contributed by atoms with Crippen molar-refractivity contribution >= 4 is 21.5 Å². The summed E-state index contributed by atoms with van der Waals surface area (Å²) in [7, 11) is 0. The molecule has 0 atom stereocenters. The zero-order valence-corrected chi connectivity index (χ0v) is 42.9. The molecule has 2 saturated heterocycles. The zero-order chi connectivity index (χ0) is 40.4. The Bertz CT molecular complexity index is 2390. The van der Waals surface area contributed by atoms with Gasteiger partial charge in [0, 0.05) is 42.1 Å². The van der Waals surface area contributed by atoms with E-state index in [0.29, 0.717) is 0 Å². The largest absolute Gasteiger partial charge is 0.444 e. The molecule has 6 aromatic carbocycles. The Kier molecular flexibility index (Phi) is 15.5. The number of aryl methyl sites for hydroxylation is 2. The predicted octanol–water partition coefficient (Wildman–Crippen LogP) is 14.1. The topological polar surface area (TPSA) is 18.5 Å². The minimum atomic E-state index is 0. The van der Waals surface area contributed by atoms with Crippen molar-refractivity contribution in [1.29, 1.82) is 0 Å². The van der Waals surface area contributed by atoms with Crippen LogP contribution in [-0.4, -0.2) is 26.4 Å². The van der Waals surface area contributed by atoms with Crippen molar-refractivity contribution in [2.45, 2.75) is 104 Å². The molecule has 0 amide bonds. The van der Waals surface area contributed by atoms with E-state index < -0.39 is 0 Å². The van der Waals surface area contributed by atoms with Crippen molar-refractivity contribution in [3.8, 4) is 11.1 Å². The van der Waals surface area contributed by atoms with Crippen LogP contribution in [0, 0.1) is 49.4 Å². The molecule has 4 fully saturated rings. The van der Waals surface area contributed by atoms with Crippen LogP contribution < -0.4 is 0 Å². The van der Waals surface area contributed by atoms with Crippen LogP contribution >= 0.6 is 0 Å². The molecule has 0 unspecified atom stereocenters. The Labute approximate surface area is 400 Å². The van der Waals surface area contributed by atoms with Gasteiger partial charge in [-0.2, -0.15) is 12.8 Å². The Balaban J connectivity index is 0.00000264. The second-order valence-corrected chi connectivity index (χ2v) is 19.8. The van der Waals surface area contributed by atoms with E-state index in [1.54, 1.807) is 11.8 Å². The maximum atomic E-state index is 5.41. The molecule has 10 rings (SSSR count). The molecule has 322 valence electrons. The molecule has 2 heterocycles. The van der Waals surface area contributed by atoms with Crippen LogP contribution in [0.15, 0.2) is 109 Å². The van der Waals surface area contributed by atoms with Gasteiger partial charge in [0.15, 0.2) is 0 Å². The first-order valence-corrected chi connectivity index (χ1v) is 23.5. The molecule has 2 nitrogen and oxygen atoms in total.